The van der Waals surface area contributed by atoms with Crippen molar-refractivity contribution in [2.24, 2.45) is 0 Å². The van der Waals surface area contributed by atoms with Gasteiger partial charge in [-0.05, 0) is 40.3 Å². The van der Waals surface area contributed by atoms with Gasteiger partial charge in [0.2, 0.25) is 0 Å². The third-order valence-electron chi connectivity index (χ3n) is 4.61. The van der Waals surface area contributed by atoms with E-state index >= 15 is 0 Å². The van der Waals surface area contributed by atoms with Crippen molar-refractivity contribution in [2.45, 2.75) is 19.8 Å². The average Bonchev–Trinajstić information content (AvgIpc) is 2.78. The molecule has 3 aromatic rings. The second kappa shape index (κ2) is 10.8. The molecule has 0 aliphatic rings. The molecule has 0 heterocycles. The van der Waals surface area contributed by atoms with E-state index in [-0.39, 0.29) is 5.97 Å². The van der Waals surface area contributed by atoms with Crippen molar-refractivity contribution in [3.8, 4) is 0 Å². The highest BCUT2D eigenvalue weighted by molar-refractivity contribution is 6.03. The minimum absolute atomic E-state index is 0.313. The smallest absolute Gasteiger partial charge is 0.330 e. The van der Waals surface area contributed by atoms with E-state index in [2.05, 4.69) is 43.3 Å². The standard InChI is InChI=1S/C27H26O2/c1-2-3-21-29-26(28)20-19-25(22-13-7-4-8-14-22)27(23-15-9-5-10-16-23)24-17-11-6-12-18-24/h4-20H,2-3,21H2,1H3/b20-19+. The number of rotatable bonds is 8. The number of unbranched alkanes of at least 4 members (excludes halogenated alkanes) is 1. The molecule has 0 aromatic heterocycles. The largest absolute Gasteiger partial charge is 0.463 e. The summed E-state index contributed by atoms with van der Waals surface area (Å²) < 4.78 is 5.31. The molecule has 0 saturated carbocycles. The lowest BCUT2D eigenvalue weighted by molar-refractivity contribution is -0.137. The van der Waals surface area contributed by atoms with Gasteiger partial charge < -0.3 is 4.74 Å². The number of carbonyl (C=O) groups excluding carboxylic acids is 1. The van der Waals surface area contributed by atoms with Gasteiger partial charge >= 0.3 is 5.97 Å². The van der Waals surface area contributed by atoms with E-state index in [4.69, 9.17) is 4.74 Å². The van der Waals surface area contributed by atoms with Crippen molar-refractivity contribution in [2.75, 3.05) is 6.61 Å². The van der Waals surface area contributed by atoms with Crippen LogP contribution < -0.4 is 0 Å². The molecule has 146 valence electrons. The molecule has 0 bridgehead atoms. The zero-order valence-electron chi connectivity index (χ0n) is 16.8. The number of benzene rings is 3. The van der Waals surface area contributed by atoms with Crippen LogP contribution >= 0.6 is 0 Å². The molecular weight excluding hydrogens is 356 g/mol. The summed E-state index contributed by atoms with van der Waals surface area (Å²) in [4.78, 5) is 12.2. The van der Waals surface area contributed by atoms with Crippen molar-refractivity contribution >= 4 is 17.1 Å². The second-order valence-corrected chi connectivity index (χ2v) is 6.74. The Kier molecular flexibility index (Phi) is 7.59. The van der Waals surface area contributed by atoms with Crippen LogP contribution in [0.25, 0.3) is 11.1 Å². The van der Waals surface area contributed by atoms with E-state index in [1.54, 1.807) is 0 Å². The van der Waals surface area contributed by atoms with Crippen LogP contribution in [0.2, 0.25) is 0 Å². The first-order valence-electron chi connectivity index (χ1n) is 10.0. The first-order chi connectivity index (χ1) is 14.3. The SMILES string of the molecule is CCCCOC(=O)/C=C/C(=C(c1ccccc1)c1ccccc1)c1ccccc1. The van der Waals surface area contributed by atoms with E-state index in [1.165, 1.54) is 6.08 Å². The summed E-state index contributed by atoms with van der Waals surface area (Å²) in [5, 5.41) is 0. The van der Waals surface area contributed by atoms with Crippen molar-refractivity contribution < 1.29 is 9.53 Å². The molecule has 3 aromatic carbocycles. The predicted octanol–water partition coefficient (Wildman–Crippen LogP) is 6.55. The third kappa shape index (κ3) is 5.79. The van der Waals surface area contributed by atoms with Crippen molar-refractivity contribution in [3.05, 3.63) is 120 Å². The summed E-state index contributed by atoms with van der Waals surface area (Å²) in [6.07, 6.45) is 5.28. The summed E-state index contributed by atoms with van der Waals surface area (Å²) in [6.45, 7) is 2.53. The number of allylic oxidation sites excluding steroid dienone is 2. The van der Waals surface area contributed by atoms with Crippen LogP contribution in [0.4, 0.5) is 0 Å². The van der Waals surface area contributed by atoms with Crippen molar-refractivity contribution in [1.82, 2.24) is 0 Å². The minimum Gasteiger partial charge on any atom is -0.463 e. The molecule has 2 nitrogen and oxygen atoms in total. The summed E-state index contributed by atoms with van der Waals surface area (Å²) in [5.41, 5.74) is 5.31. The molecule has 0 aliphatic carbocycles. The number of hydrogen-bond acceptors (Lipinski definition) is 2. The van der Waals surface area contributed by atoms with Gasteiger partial charge in [0.1, 0.15) is 0 Å². The lowest BCUT2D eigenvalue weighted by Gasteiger charge is -2.15. The summed E-state index contributed by atoms with van der Waals surface area (Å²) in [6, 6.07) is 30.7. The fraction of sp³-hybridized carbons (Fsp3) is 0.148. The number of carbonyl (C=O) groups is 1. The van der Waals surface area contributed by atoms with Crippen molar-refractivity contribution in [3.63, 3.8) is 0 Å². The van der Waals surface area contributed by atoms with Crippen LogP contribution in [0.3, 0.4) is 0 Å². The zero-order chi connectivity index (χ0) is 20.3. The first-order valence-corrected chi connectivity index (χ1v) is 10.0. The fourth-order valence-corrected chi connectivity index (χ4v) is 3.15. The lowest BCUT2D eigenvalue weighted by Crippen LogP contribution is -2.02. The molecule has 0 aliphatic heterocycles. The monoisotopic (exact) mass is 382 g/mol. The maximum atomic E-state index is 12.2. The molecule has 0 spiro atoms. The van der Waals surface area contributed by atoms with Gasteiger partial charge in [-0.15, -0.1) is 0 Å². The maximum Gasteiger partial charge on any atom is 0.330 e. The van der Waals surface area contributed by atoms with E-state index in [0.29, 0.717) is 6.61 Å². The normalized spacial score (nSPS) is 10.7. The Labute approximate surface area is 173 Å². The summed E-state index contributed by atoms with van der Waals surface area (Å²) >= 11 is 0. The summed E-state index contributed by atoms with van der Waals surface area (Å²) in [7, 11) is 0. The average molecular weight is 383 g/mol. The van der Waals surface area contributed by atoms with Gasteiger partial charge in [0.25, 0.3) is 0 Å². The predicted molar refractivity (Wildman–Crippen MR) is 120 cm³/mol. The van der Waals surface area contributed by atoms with Gasteiger partial charge in [-0.25, -0.2) is 4.79 Å². The Morgan fingerprint density at radius 2 is 1.21 bits per heavy atom. The molecule has 3 rings (SSSR count). The Balaban J connectivity index is 2.12. The highest BCUT2D eigenvalue weighted by atomic mass is 16.5. The van der Waals surface area contributed by atoms with Gasteiger partial charge in [-0.3, -0.25) is 0 Å². The highest BCUT2D eigenvalue weighted by Gasteiger charge is 2.12. The van der Waals surface area contributed by atoms with Gasteiger partial charge in [-0.2, -0.15) is 0 Å². The topological polar surface area (TPSA) is 26.3 Å². The van der Waals surface area contributed by atoms with Crippen LogP contribution in [0, 0.1) is 0 Å². The Bertz CT molecular complexity index is 914. The quantitative estimate of drug-likeness (QED) is 0.145. The summed E-state index contributed by atoms with van der Waals surface area (Å²) in [5.74, 6) is -0.313. The number of esters is 1. The molecular formula is C27H26O2. The number of ether oxygens (including phenoxy) is 1. The van der Waals surface area contributed by atoms with Gasteiger partial charge in [0.15, 0.2) is 0 Å². The van der Waals surface area contributed by atoms with E-state index in [0.717, 1.165) is 40.7 Å². The second-order valence-electron chi connectivity index (χ2n) is 6.74. The van der Waals surface area contributed by atoms with Crippen molar-refractivity contribution in [1.29, 1.82) is 0 Å². The van der Waals surface area contributed by atoms with Crippen LogP contribution in [0.15, 0.2) is 103 Å². The van der Waals surface area contributed by atoms with Gasteiger partial charge in [0, 0.05) is 6.08 Å². The number of hydrogen-bond donors (Lipinski definition) is 0. The van der Waals surface area contributed by atoms with Gasteiger partial charge in [-0.1, -0.05) is 104 Å². The zero-order valence-corrected chi connectivity index (χ0v) is 16.8. The molecule has 0 radical (unpaired) electrons. The Morgan fingerprint density at radius 1 is 0.724 bits per heavy atom. The van der Waals surface area contributed by atoms with Crippen LogP contribution in [0.1, 0.15) is 36.5 Å². The van der Waals surface area contributed by atoms with Crippen LogP contribution in [0.5, 0.6) is 0 Å². The molecule has 0 atom stereocenters. The first kappa shape index (κ1) is 20.3. The maximum absolute atomic E-state index is 12.2. The molecule has 2 heteroatoms. The lowest BCUT2D eigenvalue weighted by atomic mass is 9.89. The van der Waals surface area contributed by atoms with Crippen LogP contribution in [-0.2, 0) is 9.53 Å². The Morgan fingerprint density at radius 3 is 1.69 bits per heavy atom. The molecule has 0 fully saturated rings. The molecule has 0 unspecified atom stereocenters. The Hall–Kier alpha value is -3.39. The molecule has 0 N–H and O–H groups in total. The third-order valence-corrected chi connectivity index (χ3v) is 4.61. The fourth-order valence-electron chi connectivity index (χ4n) is 3.15. The molecule has 29 heavy (non-hydrogen) atoms. The van der Waals surface area contributed by atoms with E-state index in [1.807, 2.05) is 60.7 Å². The molecule has 0 amide bonds. The minimum atomic E-state index is -0.313. The van der Waals surface area contributed by atoms with Gasteiger partial charge in [0.05, 0.1) is 6.61 Å². The van der Waals surface area contributed by atoms with E-state index < -0.39 is 0 Å². The van der Waals surface area contributed by atoms with E-state index in [9.17, 15) is 4.79 Å². The van der Waals surface area contributed by atoms with Crippen LogP contribution in [-0.4, -0.2) is 12.6 Å². The highest BCUT2D eigenvalue weighted by Crippen LogP contribution is 2.33. The molecule has 0 saturated heterocycles.